The fourth-order valence-electron chi connectivity index (χ4n) is 2.73. The van der Waals surface area contributed by atoms with Gasteiger partial charge in [0.25, 0.3) is 0 Å². The number of aromatic amines is 1. The fourth-order valence-corrected chi connectivity index (χ4v) is 2.73. The van der Waals surface area contributed by atoms with E-state index in [1.54, 1.807) is 36.5 Å². The molecule has 0 amide bonds. The van der Waals surface area contributed by atoms with Crippen molar-refractivity contribution in [1.82, 2.24) is 10.2 Å². The van der Waals surface area contributed by atoms with Crippen LogP contribution in [0.3, 0.4) is 0 Å². The number of ketones is 1. The number of H-pyrrole nitrogens is 1. The molecule has 4 nitrogen and oxygen atoms in total. The standard InChI is InChI=1S/C19H16F3N3O/c1-12(26)13-6-8-15(9-7-13)25-18(14-10-23-24-11-14)16-4-2-3-5-17(16)19(20,21)22/h2-11,18,25H,1H3,(H,23,24). The van der Waals surface area contributed by atoms with Crippen LogP contribution in [0.15, 0.2) is 60.9 Å². The highest BCUT2D eigenvalue weighted by Gasteiger charge is 2.35. The lowest BCUT2D eigenvalue weighted by Crippen LogP contribution is -2.18. The molecule has 3 rings (SSSR count). The van der Waals surface area contributed by atoms with E-state index in [4.69, 9.17) is 0 Å². The molecule has 1 atom stereocenters. The Bertz CT molecular complexity index is 887. The van der Waals surface area contributed by atoms with E-state index in [1.807, 2.05) is 0 Å². The molecule has 0 spiro atoms. The number of Topliss-reactive ketones (excluding diaryl/α,β-unsaturated/α-hetero) is 1. The number of carbonyl (C=O) groups is 1. The highest BCUT2D eigenvalue weighted by atomic mass is 19.4. The molecule has 1 unspecified atom stereocenters. The molecular weight excluding hydrogens is 343 g/mol. The van der Waals surface area contributed by atoms with Crippen LogP contribution in [0.1, 0.15) is 40.0 Å². The van der Waals surface area contributed by atoms with Crippen LogP contribution in [0.5, 0.6) is 0 Å². The summed E-state index contributed by atoms with van der Waals surface area (Å²) in [7, 11) is 0. The van der Waals surface area contributed by atoms with E-state index in [0.717, 1.165) is 6.07 Å². The van der Waals surface area contributed by atoms with Crippen molar-refractivity contribution in [2.24, 2.45) is 0 Å². The van der Waals surface area contributed by atoms with E-state index in [2.05, 4.69) is 15.5 Å². The van der Waals surface area contributed by atoms with Gasteiger partial charge in [-0.05, 0) is 42.8 Å². The third-order valence-electron chi connectivity index (χ3n) is 4.03. The minimum absolute atomic E-state index is 0.0784. The van der Waals surface area contributed by atoms with Crippen molar-refractivity contribution in [3.05, 3.63) is 83.2 Å². The van der Waals surface area contributed by atoms with Crippen LogP contribution >= 0.6 is 0 Å². The van der Waals surface area contributed by atoms with Gasteiger partial charge in [0.1, 0.15) is 0 Å². The van der Waals surface area contributed by atoms with Crippen LogP contribution in [-0.4, -0.2) is 16.0 Å². The van der Waals surface area contributed by atoms with Crippen molar-refractivity contribution in [2.75, 3.05) is 5.32 Å². The lowest BCUT2D eigenvalue weighted by molar-refractivity contribution is -0.138. The molecule has 0 fully saturated rings. The number of benzene rings is 2. The predicted molar refractivity (Wildman–Crippen MR) is 91.9 cm³/mol. The van der Waals surface area contributed by atoms with Gasteiger partial charge < -0.3 is 5.32 Å². The molecule has 7 heteroatoms. The first-order valence-electron chi connectivity index (χ1n) is 7.88. The summed E-state index contributed by atoms with van der Waals surface area (Å²) in [5, 5.41) is 9.59. The Morgan fingerprint density at radius 1 is 1.12 bits per heavy atom. The highest BCUT2D eigenvalue weighted by molar-refractivity contribution is 5.94. The maximum atomic E-state index is 13.4. The Morgan fingerprint density at radius 3 is 2.38 bits per heavy atom. The first-order valence-corrected chi connectivity index (χ1v) is 7.88. The van der Waals surface area contributed by atoms with Gasteiger partial charge in [-0.15, -0.1) is 0 Å². The second-order valence-electron chi connectivity index (χ2n) is 5.83. The van der Waals surface area contributed by atoms with Crippen molar-refractivity contribution in [3.63, 3.8) is 0 Å². The number of anilines is 1. The molecule has 3 aromatic rings. The van der Waals surface area contributed by atoms with Gasteiger partial charge in [0, 0.05) is 23.0 Å². The molecule has 26 heavy (non-hydrogen) atoms. The normalized spacial score (nSPS) is 12.6. The van der Waals surface area contributed by atoms with Crippen LogP contribution < -0.4 is 5.32 Å². The molecule has 1 aromatic heterocycles. The summed E-state index contributed by atoms with van der Waals surface area (Å²) >= 11 is 0. The summed E-state index contributed by atoms with van der Waals surface area (Å²) < 4.78 is 40.3. The smallest absolute Gasteiger partial charge is 0.374 e. The molecule has 1 heterocycles. The Labute approximate surface area is 148 Å². The quantitative estimate of drug-likeness (QED) is 0.642. The Balaban J connectivity index is 2.02. The number of aromatic nitrogens is 2. The summed E-state index contributed by atoms with van der Waals surface area (Å²) in [4.78, 5) is 11.4. The summed E-state index contributed by atoms with van der Waals surface area (Å²) in [5.74, 6) is -0.0784. The summed E-state index contributed by atoms with van der Waals surface area (Å²) in [6, 6.07) is 11.3. The first kappa shape index (κ1) is 17.7. The zero-order chi connectivity index (χ0) is 18.7. The van der Waals surface area contributed by atoms with Crippen molar-refractivity contribution in [3.8, 4) is 0 Å². The van der Waals surface area contributed by atoms with E-state index < -0.39 is 17.8 Å². The van der Waals surface area contributed by atoms with E-state index in [1.165, 1.54) is 25.3 Å². The second kappa shape index (κ2) is 7.03. The molecule has 0 aliphatic heterocycles. The third-order valence-corrected chi connectivity index (χ3v) is 4.03. The Hall–Kier alpha value is -3.09. The molecule has 2 aromatic carbocycles. The fraction of sp³-hybridized carbons (Fsp3) is 0.158. The molecule has 0 aliphatic carbocycles. The van der Waals surface area contributed by atoms with E-state index in [-0.39, 0.29) is 11.3 Å². The second-order valence-corrected chi connectivity index (χ2v) is 5.83. The van der Waals surface area contributed by atoms with Gasteiger partial charge in [0.2, 0.25) is 0 Å². The first-order chi connectivity index (χ1) is 12.4. The van der Waals surface area contributed by atoms with Crippen LogP contribution in [0.25, 0.3) is 0 Å². The summed E-state index contributed by atoms with van der Waals surface area (Å²) in [5.41, 5.74) is 1.08. The molecule has 0 saturated carbocycles. The summed E-state index contributed by atoms with van der Waals surface area (Å²) in [6.45, 7) is 1.45. The SMILES string of the molecule is CC(=O)c1ccc(NC(c2cn[nH]c2)c2ccccc2C(F)(F)F)cc1. The molecule has 0 aliphatic rings. The largest absolute Gasteiger partial charge is 0.416 e. The zero-order valence-corrected chi connectivity index (χ0v) is 13.8. The lowest BCUT2D eigenvalue weighted by atomic mass is 9.95. The monoisotopic (exact) mass is 359 g/mol. The van der Waals surface area contributed by atoms with Crippen molar-refractivity contribution < 1.29 is 18.0 Å². The van der Waals surface area contributed by atoms with Gasteiger partial charge in [0.05, 0.1) is 17.8 Å². The number of halogens is 3. The maximum Gasteiger partial charge on any atom is 0.416 e. The zero-order valence-electron chi connectivity index (χ0n) is 13.8. The minimum atomic E-state index is -4.47. The van der Waals surface area contributed by atoms with Crippen LogP contribution in [-0.2, 0) is 6.18 Å². The molecule has 2 N–H and O–H groups in total. The Kier molecular flexibility index (Phi) is 4.79. The molecular formula is C19H16F3N3O. The number of hydrogen-bond acceptors (Lipinski definition) is 3. The van der Waals surface area contributed by atoms with Crippen LogP contribution in [0.4, 0.5) is 18.9 Å². The van der Waals surface area contributed by atoms with Crippen molar-refractivity contribution in [1.29, 1.82) is 0 Å². The number of rotatable bonds is 5. The topological polar surface area (TPSA) is 57.8 Å². The number of nitrogens with one attached hydrogen (secondary N) is 2. The number of carbonyl (C=O) groups excluding carboxylic acids is 1. The number of nitrogens with zero attached hydrogens (tertiary/aromatic N) is 1. The lowest BCUT2D eigenvalue weighted by Gasteiger charge is -2.23. The van der Waals surface area contributed by atoms with Gasteiger partial charge in [0.15, 0.2) is 5.78 Å². The molecule has 0 saturated heterocycles. The third kappa shape index (κ3) is 3.77. The van der Waals surface area contributed by atoms with Crippen molar-refractivity contribution >= 4 is 11.5 Å². The minimum Gasteiger partial charge on any atom is -0.374 e. The maximum absolute atomic E-state index is 13.4. The van der Waals surface area contributed by atoms with Gasteiger partial charge in [-0.25, -0.2) is 0 Å². The van der Waals surface area contributed by atoms with E-state index in [9.17, 15) is 18.0 Å². The molecule has 134 valence electrons. The van der Waals surface area contributed by atoms with Gasteiger partial charge in [-0.1, -0.05) is 18.2 Å². The van der Waals surface area contributed by atoms with E-state index in [0.29, 0.717) is 16.8 Å². The van der Waals surface area contributed by atoms with Crippen LogP contribution in [0.2, 0.25) is 0 Å². The summed E-state index contributed by atoms with van der Waals surface area (Å²) in [6.07, 6.45) is -1.44. The van der Waals surface area contributed by atoms with Gasteiger partial charge >= 0.3 is 6.18 Å². The van der Waals surface area contributed by atoms with Gasteiger partial charge in [-0.3, -0.25) is 9.89 Å². The molecule has 0 bridgehead atoms. The van der Waals surface area contributed by atoms with Crippen molar-refractivity contribution in [2.45, 2.75) is 19.1 Å². The van der Waals surface area contributed by atoms with Gasteiger partial charge in [-0.2, -0.15) is 18.3 Å². The number of alkyl halides is 3. The highest BCUT2D eigenvalue weighted by Crippen LogP contribution is 2.37. The average Bonchev–Trinajstić information content (AvgIpc) is 3.13. The van der Waals surface area contributed by atoms with Crippen LogP contribution in [0, 0.1) is 0 Å². The average molecular weight is 359 g/mol. The number of hydrogen-bond donors (Lipinski definition) is 2. The van der Waals surface area contributed by atoms with E-state index >= 15 is 0 Å². The Morgan fingerprint density at radius 2 is 1.81 bits per heavy atom. The molecule has 0 radical (unpaired) electrons. The predicted octanol–water partition coefficient (Wildman–Crippen LogP) is 4.83.